The molecule has 1 heterocycles. The molecule has 18 heavy (non-hydrogen) atoms. The Morgan fingerprint density at radius 2 is 1.83 bits per heavy atom. The van der Waals surface area contributed by atoms with Crippen molar-refractivity contribution in [2.24, 2.45) is 5.92 Å². The average molecular weight is 244 g/mol. The summed E-state index contributed by atoms with van der Waals surface area (Å²) in [5, 5.41) is 0. The predicted molar refractivity (Wildman–Crippen MR) is 66.5 cm³/mol. The summed E-state index contributed by atoms with van der Waals surface area (Å²) in [5.74, 6) is -0.323. The minimum absolute atomic E-state index is 0.438. The number of ether oxygens (including phenoxy) is 1. The van der Waals surface area contributed by atoms with E-state index in [4.69, 9.17) is 0 Å². The van der Waals surface area contributed by atoms with Crippen LogP contribution >= 0.6 is 0 Å². The van der Waals surface area contributed by atoms with Gasteiger partial charge in [0.15, 0.2) is 0 Å². The standard InChI is InChI=1S/C15H16O3/c16-14-12-8-4-7-11(13(12)15(17)18-14)9-10-5-2-1-3-6-10/h4,7-8,10H,1-3,5-6,9H2. The average Bonchev–Trinajstić information content (AvgIpc) is 2.67. The first-order valence-corrected chi connectivity index (χ1v) is 6.64. The van der Waals surface area contributed by atoms with Gasteiger partial charge in [0.05, 0.1) is 11.1 Å². The van der Waals surface area contributed by atoms with Gasteiger partial charge in [0.2, 0.25) is 0 Å². The fourth-order valence-corrected chi connectivity index (χ4v) is 3.07. The van der Waals surface area contributed by atoms with Gasteiger partial charge in [-0.25, -0.2) is 9.59 Å². The van der Waals surface area contributed by atoms with Crippen molar-refractivity contribution >= 4 is 11.9 Å². The maximum Gasteiger partial charge on any atom is 0.347 e. The van der Waals surface area contributed by atoms with Crippen molar-refractivity contribution in [2.45, 2.75) is 38.5 Å². The van der Waals surface area contributed by atoms with Crippen molar-refractivity contribution in [2.75, 3.05) is 0 Å². The number of rotatable bonds is 2. The zero-order chi connectivity index (χ0) is 12.5. The molecule has 0 N–H and O–H groups in total. The molecule has 94 valence electrons. The lowest BCUT2D eigenvalue weighted by atomic mass is 9.83. The summed E-state index contributed by atoms with van der Waals surface area (Å²) < 4.78 is 4.68. The quantitative estimate of drug-likeness (QED) is 0.593. The van der Waals surface area contributed by atoms with E-state index < -0.39 is 11.9 Å². The number of fused-ring (bicyclic) bond motifs is 1. The SMILES string of the molecule is O=C1OC(=O)c2c(CC3CCCCC3)cccc21. The van der Waals surface area contributed by atoms with E-state index in [1.54, 1.807) is 6.07 Å². The van der Waals surface area contributed by atoms with Crippen LogP contribution < -0.4 is 0 Å². The smallest absolute Gasteiger partial charge is 0.347 e. The van der Waals surface area contributed by atoms with Crippen LogP contribution in [-0.4, -0.2) is 11.9 Å². The lowest BCUT2D eigenvalue weighted by molar-refractivity contribution is 0.0443. The maximum atomic E-state index is 11.7. The monoisotopic (exact) mass is 244 g/mol. The topological polar surface area (TPSA) is 43.4 Å². The van der Waals surface area contributed by atoms with Crippen LogP contribution in [0.4, 0.5) is 0 Å². The zero-order valence-corrected chi connectivity index (χ0v) is 10.3. The third-order valence-corrected chi connectivity index (χ3v) is 3.99. The normalized spacial score (nSPS) is 19.8. The summed E-state index contributed by atoms with van der Waals surface area (Å²) in [6.45, 7) is 0. The second kappa shape index (κ2) is 4.56. The van der Waals surface area contributed by atoms with Crippen LogP contribution in [-0.2, 0) is 11.2 Å². The predicted octanol–water partition coefficient (Wildman–Crippen LogP) is 3.12. The molecule has 0 spiro atoms. The molecule has 1 fully saturated rings. The van der Waals surface area contributed by atoms with Crippen molar-refractivity contribution < 1.29 is 14.3 Å². The zero-order valence-electron chi connectivity index (χ0n) is 10.3. The van der Waals surface area contributed by atoms with Crippen molar-refractivity contribution in [3.05, 3.63) is 34.9 Å². The fraction of sp³-hybridized carbons (Fsp3) is 0.467. The molecule has 1 aliphatic carbocycles. The number of cyclic esters (lactones) is 2. The van der Waals surface area contributed by atoms with Gasteiger partial charge in [-0.05, 0) is 24.0 Å². The third-order valence-electron chi connectivity index (χ3n) is 3.99. The number of hydrogen-bond acceptors (Lipinski definition) is 3. The van der Waals surface area contributed by atoms with Crippen molar-refractivity contribution in [3.63, 3.8) is 0 Å². The van der Waals surface area contributed by atoms with Crippen LogP contribution in [0.3, 0.4) is 0 Å². The van der Waals surface area contributed by atoms with Crippen LogP contribution in [0.2, 0.25) is 0 Å². The van der Waals surface area contributed by atoms with Gasteiger partial charge in [0, 0.05) is 0 Å². The molecule has 2 aliphatic rings. The van der Waals surface area contributed by atoms with Crippen molar-refractivity contribution in [1.29, 1.82) is 0 Å². The molecule has 0 radical (unpaired) electrons. The Hall–Kier alpha value is -1.64. The highest BCUT2D eigenvalue weighted by molar-refractivity contribution is 6.15. The number of esters is 2. The van der Waals surface area contributed by atoms with E-state index in [1.165, 1.54) is 32.1 Å². The van der Waals surface area contributed by atoms with Crippen LogP contribution in [0.1, 0.15) is 58.4 Å². The van der Waals surface area contributed by atoms with Gasteiger partial charge in [-0.1, -0.05) is 44.2 Å². The highest BCUT2D eigenvalue weighted by atomic mass is 16.6. The summed E-state index contributed by atoms with van der Waals surface area (Å²) >= 11 is 0. The molecule has 0 atom stereocenters. The Bertz CT molecular complexity index is 498. The van der Waals surface area contributed by atoms with Gasteiger partial charge in [-0.2, -0.15) is 0 Å². The van der Waals surface area contributed by atoms with Crippen LogP contribution in [0, 0.1) is 5.92 Å². The van der Waals surface area contributed by atoms with E-state index in [9.17, 15) is 9.59 Å². The molecule has 1 aromatic carbocycles. The Labute approximate surface area is 106 Å². The van der Waals surface area contributed by atoms with Crippen molar-refractivity contribution in [3.8, 4) is 0 Å². The molecule has 3 heteroatoms. The van der Waals surface area contributed by atoms with E-state index in [2.05, 4.69) is 4.74 Å². The van der Waals surface area contributed by atoms with Gasteiger partial charge in [0.25, 0.3) is 0 Å². The number of carbonyl (C=O) groups excluding carboxylic acids is 2. The number of carbonyl (C=O) groups is 2. The lowest BCUT2D eigenvalue weighted by Gasteiger charge is -2.21. The Morgan fingerprint density at radius 3 is 2.61 bits per heavy atom. The summed E-state index contributed by atoms with van der Waals surface area (Å²) in [7, 11) is 0. The Kier molecular flexibility index (Phi) is 2.90. The van der Waals surface area contributed by atoms with E-state index in [0.29, 0.717) is 17.0 Å². The molecule has 1 aliphatic heterocycles. The second-order valence-electron chi connectivity index (χ2n) is 5.22. The maximum absolute atomic E-state index is 11.7. The van der Waals surface area contributed by atoms with Crippen LogP contribution in [0.15, 0.2) is 18.2 Å². The van der Waals surface area contributed by atoms with Gasteiger partial charge in [-0.15, -0.1) is 0 Å². The van der Waals surface area contributed by atoms with Gasteiger partial charge >= 0.3 is 11.9 Å². The highest BCUT2D eigenvalue weighted by Crippen LogP contribution is 2.30. The first-order valence-electron chi connectivity index (χ1n) is 6.64. The summed E-state index contributed by atoms with van der Waals surface area (Å²) in [5.41, 5.74) is 1.93. The molecule has 0 saturated heterocycles. The Morgan fingerprint density at radius 1 is 1.06 bits per heavy atom. The molecule has 3 nitrogen and oxygen atoms in total. The molecular formula is C15H16O3. The number of benzene rings is 1. The van der Waals surface area contributed by atoms with E-state index in [-0.39, 0.29) is 0 Å². The van der Waals surface area contributed by atoms with E-state index >= 15 is 0 Å². The first kappa shape index (κ1) is 11.5. The summed E-state index contributed by atoms with van der Waals surface area (Å²) in [6, 6.07) is 5.47. The molecule has 0 unspecified atom stereocenters. The Balaban J connectivity index is 1.89. The van der Waals surface area contributed by atoms with E-state index in [0.717, 1.165) is 12.0 Å². The molecule has 0 aromatic heterocycles. The first-order chi connectivity index (χ1) is 8.75. The molecule has 0 bridgehead atoms. The minimum Gasteiger partial charge on any atom is -0.386 e. The summed E-state index contributed by atoms with van der Waals surface area (Å²) in [6.07, 6.45) is 7.24. The lowest BCUT2D eigenvalue weighted by Crippen LogP contribution is -2.11. The molecule has 1 saturated carbocycles. The fourth-order valence-electron chi connectivity index (χ4n) is 3.07. The van der Waals surface area contributed by atoms with E-state index in [1.807, 2.05) is 12.1 Å². The van der Waals surface area contributed by atoms with Gasteiger partial charge in [0.1, 0.15) is 0 Å². The highest BCUT2D eigenvalue weighted by Gasteiger charge is 2.32. The van der Waals surface area contributed by atoms with Gasteiger partial charge in [-0.3, -0.25) is 0 Å². The minimum atomic E-state index is -0.500. The molecular weight excluding hydrogens is 228 g/mol. The molecule has 1 aromatic rings. The number of hydrogen-bond donors (Lipinski definition) is 0. The molecule has 0 amide bonds. The second-order valence-corrected chi connectivity index (χ2v) is 5.22. The third kappa shape index (κ3) is 1.94. The van der Waals surface area contributed by atoms with Crippen LogP contribution in [0.5, 0.6) is 0 Å². The largest absolute Gasteiger partial charge is 0.386 e. The van der Waals surface area contributed by atoms with Gasteiger partial charge < -0.3 is 4.74 Å². The molecule has 3 rings (SSSR count). The summed E-state index contributed by atoms with van der Waals surface area (Å²) in [4.78, 5) is 23.2. The van der Waals surface area contributed by atoms with Crippen molar-refractivity contribution in [1.82, 2.24) is 0 Å². The van der Waals surface area contributed by atoms with Crippen LogP contribution in [0.25, 0.3) is 0 Å².